The number of hydrogen-bond acceptors (Lipinski definition) is 2. The van der Waals surface area contributed by atoms with Crippen molar-refractivity contribution in [2.45, 2.75) is 13.3 Å². The fraction of sp³-hybridized carbons (Fsp3) is 0.222. The van der Waals surface area contributed by atoms with Crippen LogP contribution in [0.4, 0.5) is 14.5 Å². The third-order valence-corrected chi connectivity index (χ3v) is 2.25. The van der Waals surface area contributed by atoms with E-state index in [9.17, 15) is 13.6 Å². The number of carbonyl (C=O) groups excluding carboxylic acids is 1. The first-order chi connectivity index (χ1) is 6.45. The molecule has 1 aromatic rings. The van der Waals surface area contributed by atoms with Crippen LogP contribution in [-0.2, 0) is 0 Å². The molecule has 0 unspecified atom stereocenters. The van der Waals surface area contributed by atoms with Crippen LogP contribution < -0.4 is 5.73 Å². The lowest BCUT2D eigenvalue weighted by Crippen LogP contribution is -2.02. The van der Waals surface area contributed by atoms with Gasteiger partial charge in [-0.2, -0.15) is 0 Å². The van der Waals surface area contributed by atoms with E-state index in [0.717, 1.165) is 6.07 Å². The van der Waals surface area contributed by atoms with Gasteiger partial charge in [0.2, 0.25) is 0 Å². The Balaban J connectivity index is 3.33. The fourth-order valence-corrected chi connectivity index (χ4v) is 1.33. The maximum absolute atomic E-state index is 12.3. The molecule has 5 heteroatoms. The van der Waals surface area contributed by atoms with E-state index >= 15 is 0 Å². The highest BCUT2D eigenvalue weighted by molar-refractivity contribution is 6.34. The summed E-state index contributed by atoms with van der Waals surface area (Å²) < 4.78 is 24.6. The molecule has 14 heavy (non-hydrogen) atoms. The van der Waals surface area contributed by atoms with E-state index < -0.39 is 6.43 Å². The molecule has 0 aliphatic rings. The minimum Gasteiger partial charge on any atom is -0.397 e. The van der Waals surface area contributed by atoms with Crippen LogP contribution in [0, 0.1) is 0 Å². The molecule has 0 atom stereocenters. The molecule has 76 valence electrons. The molecule has 0 amide bonds. The van der Waals surface area contributed by atoms with Gasteiger partial charge in [0.15, 0.2) is 5.78 Å². The van der Waals surface area contributed by atoms with Gasteiger partial charge in [-0.15, -0.1) is 0 Å². The first-order valence-electron chi connectivity index (χ1n) is 3.82. The van der Waals surface area contributed by atoms with Crippen molar-refractivity contribution in [1.29, 1.82) is 0 Å². The van der Waals surface area contributed by atoms with Crippen molar-refractivity contribution in [2.75, 3.05) is 5.73 Å². The van der Waals surface area contributed by atoms with Gasteiger partial charge in [0, 0.05) is 11.1 Å². The van der Waals surface area contributed by atoms with Crippen molar-refractivity contribution in [2.24, 2.45) is 0 Å². The highest BCUT2D eigenvalue weighted by atomic mass is 35.5. The Morgan fingerprint density at radius 1 is 1.50 bits per heavy atom. The van der Waals surface area contributed by atoms with Crippen LogP contribution in [0.25, 0.3) is 0 Å². The molecule has 0 saturated carbocycles. The normalized spacial score (nSPS) is 10.6. The van der Waals surface area contributed by atoms with E-state index in [1.807, 2.05) is 0 Å². The summed E-state index contributed by atoms with van der Waals surface area (Å²) >= 11 is 5.58. The third kappa shape index (κ3) is 1.85. The predicted octanol–water partition coefficient (Wildman–Crippen LogP) is 3.06. The number of alkyl halides is 2. The number of nitrogens with two attached hydrogens (primary N) is 1. The van der Waals surface area contributed by atoms with Crippen molar-refractivity contribution in [1.82, 2.24) is 0 Å². The predicted molar refractivity (Wildman–Crippen MR) is 50.8 cm³/mol. The zero-order valence-electron chi connectivity index (χ0n) is 7.35. The molecule has 2 N–H and O–H groups in total. The molecule has 0 spiro atoms. The molecule has 2 nitrogen and oxygen atoms in total. The number of nitrogen functional groups attached to an aromatic ring is 1. The average molecular weight is 220 g/mol. The Morgan fingerprint density at radius 3 is 2.50 bits per heavy atom. The van der Waals surface area contributed by atoms with Crippen molar-refractivity contribution < 1.29 is 13.6 Å². The lowest BCUT2D eigenvalue weighted by atomic mass is 10.1. The molecule has 0 aliphatic carbocycles. The van der Waals surface area contributed by atoms with Crippen LogP contribution in [0.15, 0.2) is 12.1 Å². The molecule has 1 aromatic carbocycles. The topological polar surface area (TPSA) is 43.1 Å². The summed E-state index contributed by atoms with van der Waals surface area (Å²) in [6.45, 7) is 1.30. The molecule has 1 rings (SSSR count). The summed E-state index contributed by atoms with van der Waals surface area (Å²) in [7, 11) is 0. The Hall–Kier alpha value is -1.16. The van der Waals surface area contributed by atoms with Crippen molar-refractivity contribution in [3.63, 3.8) is 0 Å². The van der Waals surface area contributed by atoms with Crippen LogP contribution in [0.1, 0.15) is 29.3 Å². The lowest BCUT2D eigenvalue weighted by molar-refractivity contribution is 0.101. The van der Waals surface area contributed by atoms with Crippen LogP contribution in [0.3, 0.4) is 0 Å². The third-order valence-electron chi connectivity index (χ3n) is 1.82. The zero-order chi connectivity index (χ0) is 10.9. The summed E-state index contributed by atoms with van der Waals surface area (Å²) in [6, 6.07) is 2.37. The molecule has 0 aromatic heterocycles. The molecule has 0 radical (unpaired) electrons. The van der Waals surface area contributed by atoms with Crippen LogP contribution in [0.2, 0.25) is 5.02 Å². The van der Waals surface area contributed by atoms with E-state index in [1.165, 1.54) is 13.0 Å². The average Bonchev–Trinajstić information content (AvgIpc) is 2.08. The number of anilines is 1. The van der Waals surface area contributed by atoms with E-state index in [0.29, 0.717) is 0 Å². The number of ketones is 1. The number of benzene rings is 1. The lowest BCUT2D eigenvalue weighted by Gasteiger charge is -2.08. The second-order valence-electron chi connectivity index (χ2n) is 2.79. The number of rotatable bonds is 2. The van der Waals surface area contributed by atoms with E-state index in [-0.39, 0.29) is 27.6 Å². The van der Waals surface area contributed by atoms with E-state index in [1.54, 1.807) is 0 Å². The van der Waals surface area contributed by atoms with E-state index in [2.05, 4.69) is 0 Å². The number of Topliss-reactive ketones (excluding diaryl/α,β-unsaturated/α-hetero) is 1. The Labute approximate surface area is 84.7 Å². The van der Waals surface area contributed by atoms with Gasteiger partial charge in [-0.05, 0) is 13.0 Å². The molecule has 0 saturated heterocycles. The summed E-state index contributed by atoms with van der Waals surface area (Å²) in [5.74, 6) is -0.301. The maximum atomic E-state index is 12.3. The molecular weight excluding hydrogens is 212 g/mol. The molecule has 0 aliphatic heterocycles. The molecule has 0 bridgehead atoms. The summed E-state index contributed by atoms with van der Waals surface area (Å²) in [5.41, 5.74) is 5.16. The van der Waals surface area contributed by atoms with E-state index in [4.69, 9.17) is 17.3 Å². The summed E-state index contributed by atoms with van der Waals surface area (Å²) in [6.07, 6.45) is -2.69. The fourth-order valence-electron chi connectivity index (χ4n) is 1.09. The van der Waals surface area contributed by atoms with Crippen LogP contribution in [0.5, 0.6) is 0 Å². The number of carbonyl (C=O) groups is 1. The monoisotopic (exact) mass is 219 g/mol. The minimum atomic E-state index is -2.69. The van der Waals surface area contributed by atoms with Gasteiger partial charge in [-0.25, -0.2) is 8.78 Å². The number of halogens is 3. The van der Waals surface area contributed by atoms with Crippen LogP contribution in [-0.4, -0.2) is 5.78 Å². The molecular formula is C9H8ClF2NO. The standard InChI is InChI=1S/C9H8ClF2NO/c1-4(14)5-2-3-6(9(11)12)7(10)8(5)13/h2-3,9H,13H2,1H3. The van der Waals surface area contributed by atoms with Crippen LogP contribution >= 0.6 is 11.6 Å². The quantitative estimate of drug-likeness (QED) is 0.614. The van der Waals surface area contributed by atoms with Crippen molar-refractivity contribution >= 4 is 23.1 Å². The highest BCUT2D eigenvalue weighted by Gasteiger charge is 2.17. The largest absolute Gasteiger partial charge is 0.397 e. The Bertz CT molecular complexity index is 379. The zero-order valence-corrected chi connectivity index (χ0v) is 8.11. The first-order valence-corrected chi connectivity index (χ1v) is 4.20. The van der Waals surface area contributed by atoms with Gasteiger partial charge in [0.1, 0.15) is 0 Å². The first kappa shape index (κ1) is 10.9. The Morgan fingerprint density at radius 2 is 2.07 bits per heavy atom. The summed E-state index contributed by atoms with van der Waals surface area (Å²) in [5, 5.41) is -0.243. The van der Waals surface area contributed by atoms with Crippen molar-refractivity contribution in [3.8, 4) is 0 Å². The maximum Gasteiger partial charge on any atom is 0.265 e. The van der Waals surface area contributed by atoms with Gasteiger partial charge in [0.25, 0.3) is 6.43 Å². The summed E-state index contributed by atoms with van der Waals surface area (Å²) in [4.78, 5) is 11.0. The highest BCUT2D eigenvalue weighted by Crippen LogP contribution is 2.33. The Kier molecular flexibility index (Phi) is 3.06. The second kappa shape index (κ2) is 3.92. The van der Waals surface area contributed by atoms with Crippen molar-refractivity contribution in [3.05, 3.63) is 28.3 Å². The second-order valence-corrected chi connectivity index (χ2v) is 3.16. The number of hydrogen-bond donors (Lipinski definition) is 1. The SMILES string of the molecule is CC(=O)c1ccc(C(F)F)c(Cl)c1N. The molecule has 0 fully saturated rings. The minimum absolute atomic E-state index is 0.0861. The molecule has 0 heterocycles. The smallest absolute Gasteiger partial charge is 0.265 e. The van der Waals surface area contributed by atoms with Gasteiger partial charge < -0.3 is 5.73 Å². The van der Waals surface area contributed by atoms with Gasteiger partial charge >= 0.3 is 0 Å². The van der Waals surface area contributed by atoms with Gasteiger partial charge in [-0.3, -0.25) is 4.79 Å². The van der Waals surface area contributed by atoms with Gasteiger partial charge in [-0.1, -0.05) is 17.7 Å². The van der Waals surface area contributed by atoms with Gasteiger partial charge in [0.05, 0.1) is 10.7 Å².